The molecule has 5 nitrogen and oxygen atoms in total. The number of thiocarbonyl (C=S) groups is 1. The molecule has 2 N–H and O–H groups in total. The second-order valence-electron chi connectivity index (χ2n) is 4.71. The van der Waals surface area contributed by atoms with E-state index < -0.39 is 0 Å². The summed E-state index contributed by atoms with van der Waals surface area (Å²) in [5.74, 6) is -0.362. The van der Waals surface area contributed by atoms with E-state index in [-0.39, 0.29) is 5.97 Å². The lowest BCUT2D eigenvalue weighted by molar-refractivity contribution is 0.0601. The van der Waals surface area contributed by atoms with Crippen LogP contribution >= 0.6 is 12.2 Å². The molecule has 0 unspecified atom stereocenters. The van der Waals surface area contributed by atoms with E-state index in [1.165, 1.54) is 7.11 Å². The van der Waals surface area contributed by atoms with Crippen LogP contribution in [0.2, 0.25) is 0 Å². The number of nitrogens with one attached hydrogen (secondary N) is 2. The maximum absolute atomic E-state index is 11.5. The molecule has 1 aromatic carbocycles. The first kappa shape index (κ1) is 16.4. The van der Waals surface area contributed by atoms with Gasteiger partial charge in [-0.05, 0) is 50.9 Å². The van der Waals surface area contributed by atoms with Crippen LogP contribution in [0.15, 0.2) is 18.2 Å². The van der Waals surface area contributed by atoms with Crippen molar-refractivity contribution in [1.82, 2.24) is 10.2 Å². The fourth-order valence-corrected chi connectivity index (χ4v) is 1.77. The number of anilines is 1. The number of carbonyl (C=O) groups excluding carboxylic acids is 1. The molecule has 0 aromatic heterocycles. The quantitative estimate of drug-likeness (QED) is 0.636. The Labute approximate surface area is 125 Å². The summed E-state index contributed by atoms with van der Waals surface area (Å²) >= 11 is 5.23. The van der Waals surface area contributed by atoms with Crippen LogP contribution in [0.5, 0.6) is 0 Å². The van der Waals surface area contributed by atoms with Crippen LogP contribution < -0.4 is 10.6 Å². The molecule has 6 heteroatoms. The van der Waals surface area contributed by atoms with Gasteiger partial charge in [0.25, 0.3) is 0 Å². The molecule has 0 saturated heterocycles. The first-order chi connectivity index (χ1) is 9.43. The number of carbonyl (C=O) groups is 1. The highest BCUT2D eigenvalue weighted by Gasteiger charge is 2.08. The van der Waals surface area contributed by atoms with E-state index in [1.807, 2.05) is 27.1 Å². The zero-order valence-electron chi connectivity index (χ0n) is 12.3. The number of aryl methyl sites for hydroxylation is 1. The summed E-state index contributed by atoms with van der Waals surface area (Å²) in [6.45, 7) is 3.60. The zero-order chi connectivity index (χ0) is 15.1. The SMILES string of the molecule is COC(=O)c1ccc(C)c(NC(=S)NCCN(C)C)c1. The summed E-state index contributed by atoms with van der Waals surface area (Å²) < 4.78 is 4.71. The minimum atomic E-state index is -0.362. The number of esters is 1. The summed E-state index contributed by atoms with van der Waals surface area (Å²) in [5.41, 5.74) is 2.31. The molecule has 0 aliphatic carbocycles. The number of ether oxygens (including phenoxy) is 1. The highest BCUT2D eigenvalue weighted by molar-refractivity contribution is 7.80. The van der Waals surface area contributed by atoms with Gasteiger partial charge in [-0.2, -0.15) is 0 Å². The average Bonchev–Trinajstić information content (AvgIpc) is 2.40. The van der Waals surface area contributed by atoms with Gasteiger partial charge in [0.1, 0.15) is 0 Å². The van der Waals surface area contributed by atoms with Crippen LogP contribution in [0.1, 0.15) is 15.9 Å². The number of likely N-dealkylation sites (N-methyl/N-ethyl adjacent to an activating group) is 1. The lowest BCUT2D eigenvalue weighted by atomic mass is 10.1. The number of rotatable bonds is 5. The Hall–Kier alpha value is -1.66. The summed E-state index contributed by atoms with van der Waals surface area (Å²) in [6, 6.07) is 5.33. The predicted molar refractivity (Wildman–Crippen MR) is 85.3 cm³/mol. The number of benzene rings is 1. The molecule has 20 heavy (non-hydrogen) atoms. The van der Waals surface area contributed by atoms with Crippen molar-refractivity contribution in [2.24, 2.45) is 0 Å². The largest absolute Gasteiger partial charge is 0.465 e. The highest BCUT2D eigenvalue weighted by Crippen LogP contribution is 2.17. The molecular weight excluding hydrogens is 274 g/mol. The van der Waals surface area contributed by atoms with Gasteiger partial charge >= 0.3 is 5.97 Å². The molecular formula is C14H21N3O2S. The number of nitrogens with zero attached hydrogens (tertiary/aromatic N) is 1. The van der Waals surface area contributed by atoms with Crippen molar-refractivity contribution in [2.45, 2.75) is 6.92 Å². The van der Waals surface area contributed by atoms with Gasteiger partial charge in [0.2, 0.25) is 0 Å². The monoisotopic (exact) mass is 295 g/mol. The van der Waals surface area contributed by atoms with E-state index in [9.17, 15) is 4.79 Å². The molecule has 0 amide bonds. The summed E-state index contributed by atoms with van der Waals surface area (Å²) in [4.78, 5) is 13.6. The Morgan fingerprint density at radius 1 is 1.40 bits per heavy atom. The van der Waals surface area contributed by atoms with Gasteiger partial charge in [0.05, 0.1) is 12.7 Å². The van der Waals surface area contributed by atoms with Gasteiger partial charge in [-0.25, -0.2) is 4.79 Å². The minimum Gasteiger partial charge on any atom is -0.465 e. The Kier molecular flexibility index (Phi) is 6.41. The van der Waals surface area contributed by atoms with Crippen LogP contribution in [0, 0.1) is 6.92 Å². The van der Waals surface area contributed by atoms with Gasteiger partial charge in [-0.3, -0.25) is 0 Å². The van der Waals surface area contributed by atoms with E-state index in [1.54, 1.807) is 12.1 Å². The van der Waals surface area contributed by atoms with Crippen molar-refractivity contribution < 1.29 is 9.53 Å². The summed E-state index contributed by atoms with van der Waals surface area (Å²) in [6.07, 6.45) is 0. The molecule has 0 spiro atoms. The maximum Gasteiger partial charge on any atom is 0.337 e. The van der Waals surface area contributed by atoms with Crippen molar-refractivity contribution in [3.05, 3.63) is 29.3 Å². The second-order valence-corrected chi connectivity index (χ2v) is 5.11. The Bertz CT molecular complexity index is 489. The summed E-state index contributed by atoms with van der Waals surface area (Å²) in [7, 11) is 5.37. The third-order valence-electron chi connectivity index (χ3n) is 2.75. The predicted octanol–water partition coefficient (Wildman–Crippen LogP) is 1.63. The van der Waals surface area contributed by atoms with Crippen molar-refractivity contribution in [2.75, 3.05) is 39.6 Å². The molecule has 0 saturated carbocycles. The lowest BCUT2D eigenvalue weighted by Crippen LogP contribution is -2.34. The van der Waals surface area contributed by atoms with E-state index >= 15 is 0 Å². The highest BCUT2D eigenvalue weighted by atomic mass is 32.1. The van der Waals surface area contributed by atoms with Crippen molar-refractivity contribution in [3.8, 4) is 0 Å². The summed E-state index contributed by atoms with van der Waals surface area (Å²) in [5, 5.41) is 6.75. The molecule has 0 heterocycles. The first-order valence-corrected chi connectivity index (χ1v) is 6.73. The van der Waals surface area contributed by atoms with Gasteiger partial charge in [0, 0.05) is 18.8 Å². The normalized spacial score (nSPS) is 10.2. The number of hydrogen-bond acceptors (Lipinski definition) is 4. The van der Waals surface area contributed by atoms with Gasteiger partial charge < -0.3 is 20.3 Å². The van der Waals surface area contributed by atoms with E-state index in [0.717, 1.165) is 24.3 Å². The van der Waals surface area contributed by atoms with Crippen molar-refractivity contribution >= 4 is 29.0 Å². The third-order valence-corrected chi connectivity index (χ3v) is 3.00. The molecule has 110 valence electrons. The minimum absolute atomic E-state index is 0.362. The Morgan fingerprint density at radius 3 is 2.70 bits per heavy atom. The van der Waals surface area contributed by atoms with Gasteiger partial charge in [-0.1, -0.05) is 6.07 Å². The second kappa shape index (κ2) is 7.81. The lowest BCUT2D eigenvalue weighted by Gasteiger charge is -2.15. The van der Waals surface area contributed by atoms with Crippen LogP contribution in [-0.4, -0.2) is 50.3 Å². The van der Waals surface area contributed by atoms with Crippen molar-refractivity contribution in [1.29, 1.82) is 0 Å². The standard InChI is InChI=1S/C14H21N3O2S/c1-10-5-6-11(13(18)19-4)9-12(10)16-14(20)15-7-8-17(2)3/h5-6,9H,7-8H2,1-4H3,(H2,15,16,20). The fraction of sp³-hybridized carbons (Fsp3) is 0.429. The first-order valence-electron chi connectivity index (χ1n) is 6.32. The molecule has 1 rings (SSSR count). The Balaban J connectivity index is 2.66. The van der Waals surface area contributed by atoms with Gasteiger partial charge in [-0.15, -0.1) is 0 Å². The van der Waals surface area contributed by atoms with Crippen LogP contribution in [0.3, 0.4) is 0 Å². The molecule has 0 aliphatic heterocycles. The molecule has 0 fully saturated rings. The molecule has 0 bridgehead atoms. The zero-order valence-corrected chi connectivity index (χ0v) is 13.1. The van der Waals surface area contributed by atoms with E-state index in [4.69, 9.17) is 17.0 Å². The Morgan fingerprint density at radius 2 is 2.10 bits per heavy atom. The number of hydrogen-bond donors (Lipinski definition) is 2. The van der Waals surface area contributed by atoms with Crippen LogP contribution in [0.4, 0.5) is 5.69 Å². The maximum atomic E-state index is 11.5. The molecule has 0 atom stereocenters. The van der Waals surface area contributed by atoms with E-state index in [2.05, 4.69) is 15.5 Å². The third kappa shape index (κ3) is 5.14. The molecule has 1 aromatic rings. The average molecular weight is 295 g/mol. The smallest absolute Gasteiger partial charge is 0.337 e. The molecule has 0 radical (unpaired) electrons. The van der Waals surface area contributed by atoms with E-state index in [0.29, 0.717) is 10.7 Å². The van der Waals surface area contributed by atoms with Crippen LogP contribution in [-0.2, 0) is 4.74 Å². The van der Waals surface area contributed by atoms with Crippen molar-refractivity contribution in [3.63, 3.8) is 0 Å². The topological polar surface area (TPSA) is 53.6 Å². The van der Waals surface area contributed by atoms with Crippen LogP contribution in [0.25, 0.3) is 0 Å². The van der Waals surface area contributed by atoms with Gasteiger partial charge in [0.15, 0.2) is 5.11 Å². The number of methoxy groups -OCH3 is 1. The fourth-order valence-electron chi connectivity index (χ4n) is 1.56. The molecule has 0 aliphatic rings.